The van der Waals surface area contributed by atoms with E-state index >= 15 is 0 Å². The summed E-state index contributed by atoms with van der Waals surface area (Å²) in [6.45, 7) is 2.00. The highest BCUT2D eigenvalue weighted by Crippen LogP contribution is 2.04. The Kier molecular flexibility index (Phi) is 3.04. The summed E-state index contributed by atoms with van der Waals surface area (Å²) >= 11 is 0. The number of guanidine groups is 1. The van der Waals surface area contributed by atoms with Crippen LogP contribution in [0.15, 0.2) is 10.2 Å². The van der Waals surface area contributed by atoms with Crippen LogP contribution in [-0.4, -0.2) is 36.7 Å². The highest BCUT2D eigenvalue weighted by Gasteiger charge is 2.10. The van der Waals surface area contributed by atoms with E-state index < -0.39 is 0 Å². The first kappa shape index (κ1) is 8.99. The molecule has 0 saturated carbocycles. The van der Waals surface area contributed by atoms with Crippen molar-refractivity contribution in [1.29, 1.82) is 0 Å². The van der Waals surface area contributed by atoms with Crippen molar-refractivity contribution < 1.29 is 0 Å². The molecule has 0 aromatic rings. The van der Waals surface area contributed by atoms with Crippen LogP contribution in [0.4, 0.5) is 0 Å². The predicted octanol–water partition coefficient (Wildman–Crippen LogP) is -0.659. The molecule has 0 aliphatic carbocycles. The number of nitrogens with zero attached hydrogens (tertiary/aromatic N) is 3. The van der Waals surface area contributed by atoms with Gasteiger partial charge in [0, 0.05) is 6.54 Å². The Morgan fingerprint density at radius 1 is 1.50 bits per heavy atom. The number of likely N-dealkylation sites (tertiary alicyclic amines) is 1. The van der Waals surface area contributed by atoms with Gasteiger partial charge in [-0.2, -0.15) is 5.10 Å². The molecular formula is C7H15N5. The Labute approximate surface area is 72.1 Å². The third kappa shape index (κ3) is 2.87. The molecule has 68 valence electrons. The first-order valence-electron chi connectivity index (χ1n) is 4.01. The summed E-state index contributed by atoms with van der Waals surface area (Å²) in [6.07, 6.45) is 2.14. The SMILES string of the molecule is CN1CCCC(=NN=C(N)N)C1. The highest BCUT2D eigenvalue weighted by molar-refractivity contribution is 5.87. The normalized spacial score (nSPS) is 22.6. The standard InChI is InChI=1S/C7H15N5/c1-12-4-2-3-6(5-12)10-11-7(8)9/h2-5H2,1H3,(H4,8,9,11). The van der Waals surface area contributed by atoms with E-state index in [0.717, 1.165) is 31.6 Å². The Hall–Kier alpha value is -1.10. The molecule has 1 aliphatic rings. The lowest BCUT2D eigenvalue weighted by molar-refractivity contribution is 0.354. The Balaban J connectivity index is 2.51. The van der Waals surface area contributed by atoms with E-state index in [1.54, 1.807) is 0 Å². The van der Waals surface area contributed by atoms with E-state index in [0.29, 0.717) is 0 Å². The van der Waals surface area contributed by atoms with E-state index in [9.17, 15) is 0 Å². The maximum Gasteiger partial charge on any atom is 0.211 e. The summed E-state index contributed by atoms with van der Waals surface area (Å²) in [5, 5.41) is 7.56. The minimum absolute atomic E-state index is 0.0238. The molecule has 0 amide bonds. The van der Waals surface area contributed by atoms with Crippen molar-refractivity contribution in [2.75, 3.05) is 20.1 Å². The van der Waals surface area contributed by atoms with Gasteiger partial charge in [0.2, 0.25) is 5.96 Å². The van der Waals surface area contributed by atoms with Crippen molar-refractivity contribution in [2.24, 2.45) is 21.7 Å². The van der Waals surface area contributed by atoms with Gasteiger partial charge in [0.25, 0.3) is 0 Å². The summed E-state index contributed by atoms with van der Waals surface area (Å²) in [6, 6.07) is 0. The van der Waals surface area contributed by atoms with Crippen LogP contribution >= 0.6 is 0 Å². The Bertz CT molecular complexity index is 204. The van der Waals surface area contributed by atoms with Crippen molar-refractivity contribution in [3.63, 3.8) is 0 Å². The Morgan fingerprint density at radius 2 is 2.25 bits per heavy atom. The first-order valence-corrected chi connectivity index (χ1v) is 4.01. The van der Waals surface area contributed by atoms with E-state index in [1.165, 1.54) is 0 Å². The average molecular weight is 169 g/mol. The van der Waals surface area contributed by atoms with E-state index in [4.69, 9.17) is 11.5 Å². The summed E-state index contributed by atoms with van der Waals surface area (Å²) < 4.78 is 0. The molecule has 0 bridgehead atoms. The van der Waals surface area contributed by atoms with Gasteiger partial charge in [-0.15, -0.1) is 5.10 Å². The van der Waals surface area contributed by atoms with Gasteiger partial charge < -0.3 is 16.4 Å². The van der Waals surface area contributed by atoms with Gasteiger partial charge >= 0.3 is 0 Å². The van der Waals surface area contributed by atoms with Crippen molar-refractivity contribution in [1.82, 2.24) is 4.90 Å². The van der Waals surface area contributed by atoms with Crippen LogP contribution in [0.3, 0.4) is 0 Å². The predicted molar refractivity (Wildman–Crippen MR) is 50.0 cm³/mol. The summed E-state index contributed by atoms with van der Waals surface area (Å²) in [4.78, 5) is 2.20. The monoisotopic (exact) mass is 169 g/mol. The van der Waals surface area contributed by atoms with Gasteiger partial charge in [0.15, 0.2) is 0 Å². The molecule has 1 aliphatic heterocycles. The minimum Gasteiger partial charge on any atom is -0.369 e. The third-order valence-electron chi connectivity index (χ3n) is 1.76. The summed E-state index contributed by atoms with van der Waals surface area (Å²) in [5.74, 6) is 0.0238. The third-order valence-corrected chi connectivity index (χ3v) is 1.76. The summed E-state index contributed by atoms with van der Waals surface area (Å²) in [7, 11) is 2.06. The lowest BCUT2D eigenvalue weighted by Crippen LogP contribution is -2.32. The van der Waals surface area contributed by atoms with Gasteiger partial charge in [-0.05, 0) is 26.4 Å². The van der Waals surface area contributed by atoms with Crippen LogP contribution in [0.2, 0.25) is 0 Å². The molecule has 0 unspecified atom stereocenters. The van der Waals surface area contributed by atoms with Crippen molar-refractivity contribution in [3.8, 4) is 0 Å². The molecule has 5 heteroatoms. The van der Waals surface area contributed by atoms with Crippen molar-refractivity contribution in [3.05, 3.63) is 0 Å². The number of nitrogens with two attached hydrogens (primary N) is 2. The molecule has 12 heavy (non-hydrogen) atoms. The van der Waals surface area contributed by atoms with E-state index in [-0.39, 0.29) is 5.96 Å². The van der Waals surface area contributed by atoms with Gasteiger partial charge in [-0.1, -0.05) is 0 Å². The molecule has 4 N–H and O–H groups in total. The molecule has 1 fully saturated rings. The van der Waals surface area contributed by atoms with Gasteiger partial charge in [-0.25, -0.2) is 0 Å². The molecule has 0 aromatic heterocycles. The highest BCUT2D eigenvalue weighted by atomic mass is 15.3. The van der Waals surface area contributed by atoms with Gasteiger partial charge in [0.05, 0.1) is 5.71 Å². The maximum atomic E-state index is 5.15. The molecule has 0 radical (unpaired) electrons. The largest absolute Gasteiger partial charge is 0.369 e. The fourth-order valence-corrected chi connectivity index (χ4v) is 1.23. The van der Waals surface area contributed by atoms with Crippen LogP contribution in [0.5, 0.6) is 0 Å². The summed E-state index contributed by atoms with van der Waals surface area (Å²) in [5.41, 5.74) is 11.4. The number of hydrogen-bond acceptors (Lipinski definition) is 3. The second-order valence-electron chi connectivity index (χ2n) is 3.03. The fourth-order valence-electron chi connectivity index (χ4n) is 1.23. The van der Waals surface area contributed by atoms with Gasteiger partial charge in [0.1, 0.15) is 0 Å². The van der Waals surface area contributed by atoms with E-state index in [2.05, 4.69) is 22.2 Å². The Morgan fingerprint density at radius 3 is 2.83 bits per heavy atom. The first-order chi connectivity index (χ1) is 5.68. The lowest BCUT2D eigenvalue weighted by atomic mass is 10.1. The molecule has 5 nitrogen and oxygen atoms in total. The lowest BCUT2D eigenvalue weighted by Gasteiger charge is -2.22. The van der Waals surface area contributed by atoms with Crippen molar-refractivity contribution >= 4 is 11.7 Å². The second-order valence-corrected chi connectivity index (χ2v) is 3.03. The molecule has 1 heterocycles. The zero-order valence-corrected chi connectivity index (χ0v) is 7.32. The second kappa shape index (κ2) is 4.06. The molecular weight excluding hydrogens is 154 g/mol. The van der Waals surface area contributed by atoms with Crippen molar-refractivity contribution in [2.45, 2.75) is 12.8 Å². The molecule has 0 spiro atoms. The maximum absolute atomic E-state index is 5.15. The average Bonchev–Trinajstić information content (AvgIpc) is 2.01. The number of piperidine rings is 1. The van der Waals surface area contributed by atoms with Crippen LogP contribution in [0.25, 0.3) is 0 Å². The minimum atomic E-state index is 0.0238. The quantitative estimate of drug-likeness (QED) is 0.311. The number of rotatable bonds is 1. The van der Waals surface area contributed by atoms with E-state index in [1.807, 2.05) is 0 Å². The zero-order chi connectivity index (χ0) is 8.97. The number of hydrogen-bond donors (Lipinski definition) is 2. The topological polar surface area (TPSA) is 80.0 Å². The van der Waals surface area contributed by atoms with Crippen LogP contribution in [0, 0.1) is 0 Å². The smallest absolute Gasteiger partial charge is 0.211 e. The fraction of sp³-hybridized carbons (Fsp3) is 0.714. The van der Waals surface area contributed by atoms with Gasteiger partial charge in [-0.3, -0.25) is 0 Å². The molecule has 0 aromatic carbocycles. The molecule has 1 saturated heterocycles. The molecule has 0 atom stereocenters. The van der Waals surface area contributed by atoms with Crippen LogP contribution in [-0.2, 0) is 0 Å². The zero-order valence-electron chi connectivity index (χ0n) is 7.32. The van der Waals surface area contributed by atoms with Crippen LogP contribution in [0.1, 0.15) is 12.8 Å². The van der Waals surface area contributed by atoms with Crippen LogP contribution < -0.4 is 11.5 Å². The molecule has 1 rings (SSSR count).